The van der Waals surface area contributed by atoms with Crippen molar-refractivity contribution in [2.75, 3.05) is 25.0 Å². The smallest absolute Gasteiger partial charge is 0.322 e. The summed E-state index contributed by atoms with van der Waals surface area (Å²) in [6, 6.07) is 12.7. The molecule has 2 saturated heterocycles. The second kappa shape index (κ2) is 8.28. The van der Waals surface area contributed by atoms with Crippen LogP contribution in [0.4, 0.5) is 14.9 Å². The number of nitrogens with one attached hydrogen (secondary N) is 1. The highest BCUT2D eigenvalue weighted by molar-refractivity contribution is 5.93. The summed E-state index contributed by atoms with van der Waals surface area (Å²) in [5.74, 6) is -0.606. The number of amides is 3. The number of aliphatic hydroxyl groups excluding tert-OH is 1. The van der Waals surface area contributed by atoms with Crippen LogP contribution < -0.4 is 5.32 Å². The number of urea groups is 1. The van der Waals surface area contributed by atoms with E-state index in [2.05, 4.69) is 5.32 Å². The van der Waals surface area contributed by atoms with Gasteiger partial charge in [0.25, 0.3) is 0 Å². The predicted octanol–water partition coefficient (Wildman–Crippen LogP) is 3.06. The second-order valence-corrected chi connectivity index (χ2v) is 7.63. The Balaban J connectivity index is 1.50. The van der Waals surface area contributed by atoms with Crippen molar-refractivity contribution in [1.29, 1.82) is 0 Å². The second-order valence-electron chi connectivity index (χ2n) is 7.63. The monoisotopic (exact) mass is 409 g/mol. The molecular weight excluding hydrogens is 385 g/mol. The van der Waals surface area contributed by atoms with E-state index in [1.807, 2.05) is 43.3 Å². The molecule has 7 heteroatoms. The zero-order valence-electron chi connectivity index (χ0n) is 16.7. The number of nitrogens with zero attached hydrogens (tertiary/aromatic N) is 2. The highest BCUT2D eigenvalue weighted by Crippen LogP contribution is 2.43. The number of carbonyl (C=O) groups excluding carboxylic acids is 2. The van der Waals surface area contributed by atoms with Gasteiger partial charge in [-0.05, 0) is 42.3 Å². The van der Waals surface area contributed by atoms with Gasteiger partial charge in [0, 0.05) is 18.2 Å². The quantitative estimate of drug-likeness (QED) is 0.815. The Hall–Kier alpha value is -3.19. The van der Waals surface area contributed by atoms with E-state index in [1.165, 1.54) is 29.2 Å². The maximum Gasteiger partial charge on any atom is 0.322 e. The molecule has 0 aromatic heterocycles. The molecule has 2 aliphatic heterocycles. The largest absolute Gasteiger partial charge is 0.394 e. The molecule has 2 aliphatic rings. The van der Waals surface area contributed by atoms with E-state index in [4.69, 9.17) is 0 Å². The zero-order valence-corrected chi connectivity index (χ0v) is 16.7. The van der Waals surface area contributed by atoms with Crippen LogP contribution in [0.2, 0.25) is 0 Å². The average molecular weight is 409 g/mol. The van der Waals surface area contributed by atoms with Crippen LogP contribution in [0, 0.1) is 5.82 Å². The van der Waals surface area contributed by atoms with Gasteiger partial charge in [-0.1, -0.05) is 36.4 Å². The van der Waals surface area contributed by atoms with Crippen molar-refractivity contribution < 1.29 is 19.1 Å². The van der Waals surface area contributed by atoms with Crippen molar-refractivity contribution in [2.24, 2.45) is 0 Å². The molecule has 30 heavy (non-hydrogen) atoms. The lowest BCUT2D eigenvalue weighted by Crippen LogP contribution is -2.73. The van der Waals surface area contributed by atoms with E-state index < -0.39 is 6.03 Å². The molecule has 0 spiro atoms. The molecule has 2 fully saturated rings. The fourth-order valence-corrected chi connectivity index (χ4v) is 4.41. The molecule has 0 unspecified atom stereocenters. The number of hydrogen-bond donors (Lipinski definition) is 2. The van der Waals surface area contributed by atoms with Crippen LogP contribution in [0.3, 0.4) is 0 Å². The summed E-state index contributed by atoms with van der Waals surface area (Å²) in [4.78, 5) is 28.5. The van der Waals surface area contributed by atoms with Crippen LogP contribution >= 0.6 is 0 Å². The van der Waals surface area contributed by atoms with E-state index >= 15 is 0 Å². The summed E-state index contributed by atoms with van der Waals surface area (Å²) < 4.78 is 13.1. The molecule has 2 aromatic carbocycles. The van der Waals surface area contributed by atoms with Gasteiger partial charge in [-0.2, -0.15) is 0 Å². The normalized spacial score (nSPS) is 23.3. The third-order valence-electron chi connectivity index (χ3n) is 5.82. The van der Waals surface area contributed by atoms with Gasteiger partial charge < -0.3 is 20.2 Å². The highest BCUT2D eigenvalue weighted by Gasteiger charge is 2.54. The number of fused-ring (bicyclic) bond motifs is 1. The van der Waals surface area contributed by atoms with Crippen LogP contribution in [-0.4, -0.2) is 58.6 Å². The van der Waals surface area contributed by atoms with Gasteiger partial charge in [-0.25, -0.2) is 9.18 Å². The molecular formula is C23H24FN3O3. The average Bonchev–Trinajstić information content (AvgIpc) is 2.72. The molecule has 0 aliphatic carbocycles. The van der Waals surface area contributed by atoms with Crippen LogP contribution in [0.15, 0.2) is 54.6 Å². The fourth-order valence-electron chi connectivity index (χ4n) is 4.41. The Morgan fingerprint density at radius 1 is 1.20 bits per heavy atom. The third-order valence-corrected chi connectivity index (χ3v) is 5.82. The highest BCUT2D eigenvalue weighted by atomic mass is 19.1. The number of piperazine rings is 1. The summed E-state index contributed by atoms with van der Waals surface area (Å²) >= 11 is 0. The van der Waals surface area contributed by atoms with E-state index in [-0.39, 0.29) is 42.9 Å². The molecule has 2 heterocycles. The van der Waals surface area contributed by atoms with Crippen molar-refractivity contribution in [3.8, 4) is 0 Å². The topological polar surface area (TPSA) is 72.9 Å². The first-order valence-corrected chi connectivity index (χ1v) is 9.98. The van der Waals surface area contributed by atoms with Crippen molar-refractivity contribution in [1.82, 2.24) is 9.80 Å². The molecule has 0 bridgehead atoms. The van der Waals surface area contributed by atoms with E-state index in [9.17, 15) is 19.1 Å². The number of carbonyl (C=O) groups is 2. The molecule has 156 valence electrons. The Morgan fingerprint density at radius 2 is 1.90 bits per heavy atom. The minimum atomic E-state index is -0.399. The number of anilines is 1. The SMILES string of the molecule is CC=Cc1ccc([C@H]2[C@@H](CO)N3C(=O)CN(C(=O)Nc4ccc(F)cc4)C[C@H]23)cc1. The lowest BCUT2D eigenvalue weighted by molar-refractivity contribution is -0.159. The first-order valence-electron chi connectivity index (χ1n) is 9.98. The molecule has 0 saturated carbocycles. The first-order chi connectivity index (χ1) is 14.5. The van der Waals surface area contributed by atoms with Crippen molar-refractivity contribution in [2.45, 2.75) is 24.9 Å². The summed E-state index contributed by atoms with van der Waals surface area (Å²) in [5.41, 5.74) is 2.59. The molecule has 3 amide bonds. The van der Waals surface area contributed by atoms with Gasteiger partial charge >= 0.3 is 6.03 Å². The van der Waals surface area contributed by atoms with Crippen LogP contribution in [0.5, 0.6) is 0 Å². The van der Waals surface area contributed by atoms with Crippen LogP contribution in [-0.2, 0) is 4.79 Å². The van der Waals surface area contributed by atoms with Gasteiger partial charge in [-0.15, -0.1) is 0 Å². The van der Waals surface area contributed by atoms with Gasteiger partial charge in [0.15, 0.2) is 0 Å². The summed E-state index contributed by atoms with van der Waals surface area (Å²) in [6.07, 6.45) is 3.97. The summed E-state index contributed by atoms with van der Waals surface area (Å²) in [6.45, 7) is 2.16. The predicted molar refractivity (Wildman–Crippen MR) is 112 cm³/mol. The maximum absolute atomic E-state index is 13.1. The number of rotatable bonds is 4. The van der Waals surface area contributed by atoms with E-state index in [0.717, 1.165) is 11.1 Å². The van der Waals surface area contributed by atoms with Crippen molar-refractivity contribution >= 4 is 23.7 Å². The molecule has 2 N–H and O–H groups in total. The minimum absolute atomic E-state index is 0.0416. The van der Waals surface area contributed by atoms with Crippen LogP contribution in [0.1, 0.15) is 24.0 Å². The number of hydrogen-bond acceptors (Lipinski definition) is 3. The Kier molecular flexibility index (Phi) is 5.55. The van der Waals surface area contributed by atoms with Crippen LogP contribution in [0.25, 0.3) is 6.08 Å². The minimum Gasteiger partial charge on any atom is -0.394 e. The Bertz CT molecular complexity index is 959. The lowest BCUT2D eigenvalue weighted by atomic mass is 9.73. The van der Waals surface area contributed by atoms with Gasteiger partial charge in [-0.3, -0.25) is 4.79 Å². The standard InChI is InChI=1S/C23H24FN3O3/c1-2-3-15-4-6-16(7-5-15)22-19-12-26(13-21(29)27(19)20(22)14-28)23(30)25-18-10-8-17(24)9-11-18/h2-11,19-20,22,28H,12-14H2,1H3,(H,25,30)/t19-,20-,22-/m1/s1. The van der Waals surface area contributed by atoms with Gasteiger partial charge in [0.1, 0.15) is 12.4 Å². The van der Waals surface area contributed by atoms with Crippen molar-refractivity contribution in [3.05, 3.63) is 71.6 Å². The Morgan fingerprint density at radius 3 is 2.53 bits per heavy atom. The molecule has 0 radical (unpaired) electrons. The lowest BCUT2D eigenvalue weighted by Gasteiger charge is -2.58. The van der Waals surface area contributed by atoms with E-state index in [1.54, 1.807) is 4.90 Å². The third kappa shape index (κ3) is 3.68. The summed E-state index contributed by atoms with van der Waals surface area (Å²) in [5, 5.41) is 12.6. The fraction of sp³-hybridized carbons (Fsp3) is 0.304. The maximum atomic E-state index is 13.1. The molecule has 6 nitrogen and oxygen atoms in total. The molecule has 3 atom stereocenters. The number of benzene rings is 2. The summed E-state index contributed by atoms with van der Waals surface area (Å²) in [7, 11) is 0. The number of halogens is 1. The molecule has 4 rings (SSSR count). The van der Waals surface area contributed by atoms with E-state index in [0.29, 0.717) is 12.2 Å². The number of aliphatic hydroxyl groups is 1. The van der Waals surface area contributed by atoms with Gasteiger partial charge in [0.2, 0.25) is 5.91 Å². The van der Waals surface area contributed by atoms with Crippen molar-refractivity contribution in [3.63, 3.8) is 0 Å². The molecule has 2 aromatic rings. The van der Waals surface area contributed by atoms with Gasteiger partial charge in [0.05, 0.1) is 18.7 Å². The first kappa shape index (κ1) is 20.1. The zero-order chi connectivity index (χ0) is 21.3. The number of allylic oxidation sites excluding steroid dienone is 1. The Labute approximate surface area is 174 Å².